The van der Waals surface area contributed by atoms with Crippen molar-refractivity contribution >= 4 is 17.7 Å². The van der Waals surface area contributed by atoms with E-state index in [1.807, 2.05) is 0 Å². The molecule has 27 heavy (non-hydrogen) atoms. The van der Waals surface area contributed by atoms with E-state index in [1.165, 1.54) is 32.1 Å². The molecule has 0 heterocycles. The van der Waals surface area contributed by atoms with E-state index in [0.717, 1.165) is 19.3 Å². The Morgan fingerprint density at radius 3 is 1.85 bits per heavy atom. The van der Waals surface area contributed by atoms with Gasteiger partial charge in [0, 0.05) is 6.42 Å². The average molecular weight is 386 g/mol. The van der Waals surface area contributed by atoms with Gasteiger partial charge < -0.3 is 15.6 Å². The van der Waals surface area contributed by atoms with E-state index in [2.05, 4.69) is 6.92 Å². The summed E-state index contributed by atoms with van der Waals surface area (Å²) in [6.45, 7) is 7.34. The van der Waals surface area contributed by atoms with Crippen LogP contribution in [0.4, 0.5) is 0 Å². The SMILES string of the molecule is CCCCCCCCCCCC(=O)C(CC(N)C(=O)O)C(=O)OC(C)(C)C. The van der Waals surface area contributed by atoms with Gasteiger partial charge in [0.15, 0.2) is 0 Å². The van der Waals surface area contributed by atoms with E-state index in [4.69, 9.17) is 15.6 Å². The molecule has 0 aromatic rings. The fraction of sp³-hybridized carbons (Fsp3) is 0.857. The number of ketones is 1. The molecule has 6 heteroatoms. The molecule has 0 saturated heterocycles. The number of hydrogen-bond donors (Lipinski definition) is 2. The Balaban J connectivity index is 4.38. The van der Waals surface area contributed by atoms with Crippen molar-refractivity contribution in [1.82, 2.24) is 0 Å². The lowest BCUT2D eigenvalue weighted by Crippen LogP contribution is -2.40. The molecule has 2 unspecified atom stereocenters. The maximum absolute atomic E-state index is 12.5. The highest BCUT2D eigenvalue weighted by Crippen LogP contribution is 2.19. The van der Waals surface area contributed by atoms with Crippen LogP contribution in [0, 0.1) is 5.92 Å². The Bertz CT molecular complexity index is 456. The van der Waals surface area contributed by atoms with Crippen LogP contribution in [0.1, 0.15) is 98.3 Å². The van der Waals surface area contributed by atoms with Gasteiger partial charge in [-0.05, 0) is 33.6 Å². The van der Waals surface area contributed by atoms with Gasteiger partial charge in [-0.3, -0.25) is 14.4 Å². The predicted molar refractivity (Wildman–Crippen MR) is 106 cm³/mol. The molecule has 0 bridgehead atoms. The summed E-state index contributed by atoms with van der Waals surface area (Å²) in [6.07, 6.45) is 10.2. The quantitative estimate of drug-likeness (QED) is 0.248. The zero-order valence-electron chi connectivity index (χ0n) is 17.6. The topological polar surface area (TPSA) is 107 Å². The third-order valence-electron chi connectivity index (χ3n) is 4.41. The van der Waals surface area contributed by atoms with Crippen molar-refractivity contribution in [2.75, 3.05) is 0 Å². The zero-order chi connectivity index (χ0) is 20.9. The minimum atomic E-state index is -1.26. The summed E-state index contributed by atoms with van der Waals surface area (Å²) < 4.78 is 5.28. The molecule has 0 aliphatic carbocycles. The summed E-state index contributed by atoms with van der Waals surface area (Å²) in [5.74, 6) is -3.28. The number of carbonyl (C=O) groups is 3. The van der Waals surface area contributed by atoms with E-state index < -0.39 is 29.5 Å². The van der Waals surface area contributed by atoms with Crippen LogP contribution in [0.2, 0.25) is 0 Å². The van der Waals surface area contributed by atoms with E-state index in [9.17, 15) is 14.4 Å². The van der Waals surface area contributed by atoms with Gasteiger partial charge >= 0.3 is 11.9 Å². The number of ether oxygens (including phenoxy) is 1. The summed E-state index contributed by atoms with van der Waals surface area (Å²) in [4.78, 5) is 35.8. The molecule has 0 saturated carbocycles. The van der Waals surface area contributed by atoms with E-state index in [1.54, 1.807) is 20.8 Å². The second-order valence-corrected chi connectivity index (χ2v) is 8.31. The van der Waals surface area contributed by atoms with Crippen molar-refractivity contribution in [3.05, 3.63) is 0 Å². The van der Waals surface area contributed by atoms with Gasteiger partial charge in [0.1, 0.15) is 23.3 Å². The Kier molecular flexibility index (Phi) is 13.0. The molecule has 0 radical (unpaired) electrons. The molecule has 0 aliphatic heterocycles. The number of hydrogen-bond acceptors (Lipinski definition) is 5. The number of nitrogens with two attached hydrogens (primary N) is 1. The number of unbranched alkanes of at least 4 members (excludes halogenated alkanes) is 8. The molecular formula is C21H39NO5. The first-order valence-corrected chi connectivity index (χ1v) is 10.3. The maximum Gasteiger partial charge on any atom is 0.320 e. The van der Waals surface area contributed by atoms with Crippen LogP contribution in [0.25, 0.3) is 0 Å². The fourth-order valence-corrected chi connectivity index (χ4v) is 2.87. The minimum Gasteiger partial charge on any atom is -0.480 e. The Hall–Kier alpha value is -1.43. The minimum absolute atomic E-state index is 0.222. The lowest BCUT2D eigenvalue weighted by Gasteiger charge is -2.24. The zero-order valence-corrected chi connectivity index (χ0v) is 17.6. The number of carboxylic acid groups (broad SMARTS) is 1. The number of esters is 1. The molecule has 0 aromatic heterocycles. The highest BCUT2D eigenvalue weighted by molar-refractivity contribution is 5.99. The first-order chi connectivity index (χ1) is 12.6. The largest absolute Gasteiger partial charge is 0.480 e. The van der Waals surface area contributed by atoms with Gasteiger partial charge in [0.25, 0.3) is 0 Å². The lowest BCUT2D eigenvalue weighted by molar-refractivity contribution is -0.162. The number of rotatable bonds is 15. The molecule has 0 aliphatic rings. The molecule has 158 valence electrons. The first-order valence-electron chi connectivity index (χ1n) is 10.3. The second-order valence-electron chi connectivity index (χ2n) is 8.31. The fourth-order valence-electron chi connectivity index (χ4n) is 2.87. The van der Waals surface area contributed by atoms with Gasteiger partial charge in [-0.15, -0.1) is 0 Å². The van der Waals surface area contributed by atoms with Crippen molar-refractivity contribution in [3.8, 4) is 0 Å². The molecule has 6 nitrogen and oxygen atoms in total. The Morgan fingerprint density at radius 1 is 0.926 bits per heavy atom. The summed E-state index contributed by atoms with van der Waals surface area (Å²) in [5, 5.41) is 8.99. The van der Waals surface area contributed by atoms with Gasteiger partial charge in [0.05, 0.1) is 0 Å². The molecule has 3 N–H and O–H groups in total. The predicted octanol–water partition coefficient (Wildman–Crippen LogP) is 4.24. The molecule has 0 rings (SSSR count). The Morgan fingerprint density at radius 2 is 1.41 bits per heavy atom. The normalized spacial score (nSPS) is 13.8. The first kappa shape index (κ1) is 25.6. The second kappa shape index (κ2) is 13.7. The van der Waals surface area contributed by atoms with Crippen LogP contribution >= 0.6 is 0 Å². The standard InChI is InChI=1S/C21H39NO5/c1-5-6-7-8-9-10-11-12-13-14-18(23)16(15-17(22)19(24)25)20(26)27-21(2,3)4/h16-17H,5-15,22H2,1-4H3,(H,24,25). The number of Topliss-reactive ketones (excluding diaryl/α,β-unsaturated/α-hetero) is 1. The Labute approximate surface area is 164 Å². The van der Waals surface area contributed by atoms with Crippen molar-refractivity contribution < 1.29 is 24.2 Å². The van der Waals surface area contributed by atoms with Gasteiger partial charge in [0.2, 0.25) is 0 Å². The summed E-state index contributed by atoms with van der Waals surface area (Å²) in [5.41, 5.74) is 4.81. The number of carbonyl (C=O) groups excluding carboxylic acids is 2. The van der Waals surface area contributed by atoms with E-state index in [0.29, 0.717) is 6.42 Å². The highest BCUT2D eigenvalue weighted by Gasteiger charge is 2.33. The molecule has 0 amide bonds. The van der Waals surface area contributed by atoms with Crippen LogP contribution in [0.3, 0.4) is 0 Å². The molecule has 0 fully saturated rings. The van der Waals surface area contributed by atoms with Gasteiger partial charge in [-0.2, -0.15) is 0 Å². The molecular weight excluding hydrogens is 346 g/mol. The van der Waals surface area contributed by atoms with Crippen molar-refractivity contribution in [3.63, 3.8) is 0 Å². The summed E-state index contributed by atoms with van der Waals surface area (Å²) >= 11 is 0. The van der Waals surface area contributed by atoms with Gasteiger partial charge in [-0.1, -0.05) is 58.3 Å². The number of carboxylic acids is 1. The monoisotopic (exact) mass is 385 g/mol. The van der Waals surface area contributed by atoms with Crippen molar-refractivity contribution in [2.24, 2.45) is 11.7 Å². The smallest absolute Gasteiger partial charge is 0.320 e. The van der Waals surface area contributed by atoms with Crippen LogP contribution < -0.4 is 5.73 Å². The third-order valence-corrected chi connectivity index (χ3v) is 4.41. The molecule has 2 atom stereocenters. The van der Waals surface area contributed by atoms with E-state index >= 15 is 0 Å². The summed E-state index contributed by atoms with van der Waals surface area (Å²) in [7, 11) is 0. The number of aliphatic carboxylic acids is 1. The summed E-state index contributed by atoms with van der Waals surface area (Å²) in [6, 6.07) is -1.26. The molecule has 0 spiro atoms. The van der Waals surface area contributed by atoms with Crippen LogP contribution in [-0.2, 0) is 19.1 Å². The van der Waals surface area contributed by atoms with Crippen LogP contribution in [-0.4, -0.2) is 34.5 Å². The van der Waals surface area contributed by atoms with Crippen LogP contribution in [0.5, 0.6) is 0 Å². The van der Waals surface area contributed by atoms with E-state index in [-0.39, 0.29) is 18.6 Å². The van der Waals surface area contributed by atoms with Crippen molar-refractivity contribution in [2.45, 2.75) is 110 Å². The lowest BCUT2D eigenvalue weighted by atomic mass is 9.92. The van der Waals surface area contributed by atoms with Crippen molar-refractivity contribution in [1.29, 1.82) is 0 Å². The molecule has 0 aromatic carbocycles. The third kappa shape index (κ3) is 13.4. The highest BCUT2D eigenvalue weighted by atomic mass is 16.6. The maximum atomic E-state index is 12.5. The average Bonchev–Trinajstić information content (AvgIpc) is 2.55. The van der Waals surface area contributed by atoms with Gasteiger partial charge in [-0.25, -0.2) is 0 Å². The van der Waals surface area contributed by atoms with Crippen LogP contribution in [0.15, 0.2) is 0 Å².